The Kier molecular flexibility index (Phi) is 7.13. The molecule has 1 heterocycles. The number of halogens is 1. The van der Waals surface area contributed by atoms with Crippen molar-refractivity contribution in [3.8, 4) is 0 Å². The lowest BCUT2D eigenvalue weighted by molar-refractivity contribution is -0.118. The molecule has 0 saturated heterocycles. The van der Waals surface area contributed by atoms with Crippen LogP contribution >= 0.6 is 0 Å². The molecule has 1 saturated carbocycles. The second-order valence-corrected chi connectivity index (χ2v) is 8.43. The Balaban J connectivity index is 1.85. The summed E-state index contributed by atoms with van der Waals surface area (Å²) in [4.78, 5) is 38.7. The van der Waals surface area contributed by atoms with Gasteiger partial charge in [0.1, 0.15) is 5.82 Å². The lowest BCUT2D eigenvalue weighted by atomic mass is 9.93. The highest BCUT2D eigenvalue weighted by Crippen LogP contribution is 2.25. The number of aliphatic hydroxyl groups is 1. The van der Waals surface area contributed by atoms with E-state index in [-0.39, 0.29) is 23.7 Å². The third kappa shape index (κ3) is 4.75. The topological polar surface area (TPSA) is 100 Å². The summed E-state index contributed by atoms with van der Waals surface area (Å²) in [6, 6.07) is 4.15. The van der Waals surface area contributed by atoms with Gasteiger partial charge in [-0.15, -0.1) is 0 Å². The second kappa shape index (κ2) is 9.65. The van der Waals surface area contributed by atoms with E-state index >= 15 is 0 Å². The molecule has 2 amide bonds. The number of nitrogens with one attached hydrogen (secondary N) is 2. The summed E-state index contributed by atoms with van der Waals surface area (Å²) in [5.41, 5.74) is 2.44. The number of amides is 2. The summed E-state index contributed by atoms with van der Waals surface area (Å²) in [6.45, 7) is 5.13. The Bertz CT molecular complexity index is 1050. The fraction of sp³-hybridized carbons (Fsp3) is 0.458. The molecule has 8 heteroatoms. The molecule has 32 heavy (non-hydrogen) atoms. The lowest BCUT2D eigenvalue weighted by Crippen LogP contribution is -2.42. The smallest absolute Gasteiger partial charge is 0.294 e. The molecule has 7 nitrogen and oxygen atoms in total. The quantitative estimate of drug-likeness (QED) is 0.471. The first-order valence-corrected chi connectivity index (χ1v) is 10.9. The van der Waals surface area contributed by atoms with Crippen LogP contribution in [0, 0.1) is 19.7 Å². The zero-order chi connectivity index (χ0) is 23.6. The van der Waals surface area contributed by atoms with Crippen LogP contribution in [0.3, 0.4) is 0 Å². The molecule has 1 aliphatic rings. The fourth-order valence-electron chi connectivity index (χ4n) is 4.42. The Morgan fingerprint density at radius 2 is 1.81 bits per heavy atom. The predicted octanol–water partition coefficient (Wildman–Crippen LogP) is 3.20. The van der Waals surface area contributed by atoms with Gasteiger partial charge in [0.25, 0.3) is 17.6 Å². The molecule has 0 spiro atoms. The molecule has 3 N–H and O–H groups in total. The monoisotopic (exact) mass is 443 g/mol. The maximum atomic E-state index is 13.5. The van der Waals surface area contributed by atoms with E-state index in [2.05, 4.69) is 10.6 Å². The van der Waals surface area contributed by atoms with Gasteiger partial charge >= 0.3 is 0 Å². The number of benzene rings is 1. The van der Waals surface area contributed by atoms with Crippen LogP contribution < -0.4 is 10.6 Å². The van der Waals surface area contributed by atoms with Crippen LogP contribution in [0.5, 0.6) is 0 Å². The third-order valence-corrected chi connectivity index (χ3v) is 6.19. The van der Waals surface area contributed by atoms with Gasteiger partial charge < -0.3 is 20.3 Å². The number of carbonyl (C=O) groups is 3. The predicted molar refractivity (Wildman–Crippen MR) is 119 cm³/mol. The van der Waals surface area contributed by atoms with Crippen molar-refractivity contribution in [3.05, 3.63) is 52.1 Å². The van der Waals surface area contributed by atoms with E-state index in [1.807, 2.05) is 6.92 Å². The largest absolute Gasteiger partial charge is 0.393 e. The molecule has 0 unspecified atom stereocenters. The molecule has 0 radical (unpaired) electrons. The second-order valence-electron chi connectivity index (χ2n) is 8.43. The van der Waals surface area contributed by atoms with Gasteiger partial charge in [-0.3, -0.25) is 14.4 Å². The van der Waals surface area contributed by atoms with Crippen LogP contribution in [0.1, 0.15) is 70.3 Å². The molecule has 1 aliphatic carbocycles. The standard InChI is InChI=1S/C24H30FN3O4/c1-5-19-20(23(31)27-16-8-11-18(25)13(2)12-16)14(3)21(28(19)4)22(30)24(32)26-15-6-9-17(29)10-7-15/h8,11-12,15,17,29H,5-7,9-10H2,1-4H3,(H,26,32)(H,27,31). The minimum Gasteiger partial charge on any atom is -0.393 e. The first kappa shape index (κ1) is 23.7. The molecular formula is C24H30FN3O4. The van der Waals surface area contributed by atoms with E-state index in [0.29, 0.717) is 60.2 Å². The number of aromatic nitrogens is 1. The Hall–Kier alpha value is -3.00. The molecule has 172 valence electrons. The number of carbonyl (C=O) groups excluding carboxylic acids is 3. The van der Waals surface area contributed by atoms with Gasteiger partial charge in [-0.05, 0) is 75.3 Å². The summed E-state index contributed by atoms with van der Waals surface area (Å²) >= 11 is 0. The zero-order valence-corrected chi connectivity index (χ0v) is 18.9. The van der Waals surface area contributed by atoms with Gasteiger partial charge in [-0.2, -0.15) is 0 Å². The molecule has 1 aromatic heterocycles. The molecule has 1 fully saturated rings. The SMILES string of the molecule is CCc1c(C(=O)Nc2ccc(F)c(C)c2)c(C)c(C(=O)C(=O)NC2CCC(O)CC2)n1C. The number of anilines is 1. The van der Waals surface area contributed by atoms with Crippen LogP contribution in [-0.2, 0) is 18.3 Å². The first-order chi connectivity index (χ1) is 15.1. The highest BCUT2D eigenvalue weighted by atomic mass is 19.1. The molecule has 0 atom stereocenters. The minimum atomic E-state index is -0.709. The maximum Gasteiger partial charge on any atom is 0.294 e. The van der Waals surface area contributed by atoms with E-state index in [0.717, 1.165) is 0 Å². The Morgan fingerprint density at radius 1 is 1.16 bits per heavy atom. The van der Waals surface area contributed by atoms with Crippen molar-refractivity contribution in [1.82, 2.24) is 9.88 Å². The summed E-state index contributed by atoms with van der Waals surface area (Å²) in [5.74, 6) is -2.18. The molecular weight excluding hydrogens is 413 g/mol. The van der Waals surface area contributed by atoms with E-state index in [4.69, 9.17) is 0 Å². The lowest BCUT2D eigenvalue weighted by Gasteiger charge is -2.25. The number of Topliss-reactive ketones (excluding diaryl/α,β-unsaturated/α-hetero) is 1. The van der Waals surface area contributed by atoms with Crippen molar-refractivity contribution >= 4 is 23.3 Å². The van der Waals surface area contributed by atoms with Crippen LogP contribution in [-0.4, -0.2) is 39.4 Å². The first-order valence-electron chi connectivity index (χ1n) is 10.9. The number of nitrogens with zero attached hydrogens (tertiary/aromatic N) is 1. The van der Waals surface area contributed by atoms with Crippen molar-refractivity contribution in [2.45, 2.75) is 65.0 Å². The number of aliphatic hydroxyl groups excluding tert-OH is 1. The molecule has 1 aromatic carbocycles. The van der Waals surface area contributed by atoms with Gasteiger partial charge in [0.2, 0.25) is 0 Å². The molecule has 0 aliphatic heterocycles. The number of ketones is 1. The van der Waals surface area contributed by atoms with E-state index in [1.165, 1.54) is 18.2 Å². The van der Waals surface area contributed by atoms with Gasteiger partial charge in [-0.1, -0.05) is 6.92 Å². The summed E-state index contributed by atoms with van der Waals surface area (Å²) < 4.78 is 15.1. The van der Waals surface area contributed by atoms with Crippen LogP contribution in [0.2, 0.25) is 0 Å². The number of rotatable bonds is 6. The molecule has 3 rings (SSSR count). The number of hydrogen-bond acceptors (Lipinski definition) is 4. The van der Waals surface area contributed by atoms with Gasteiger partial charge in [-0.25, -0.2) is 4.39 Å². The van der Waals surface area contributed by atoms with E-state index in [1.54, 1.807) is 25.5 Å². The number of hydrogen-bond donors (Lipinski definition) is 3. The Morgan fingerprint density at radius 3 is 2.41 bits per heavy atom. The van der Waals surface area contributed by atoms with Gasteiger partial charge in [0.05, 0.1) is 17.4 Å². The van der Waals surface area contributed by atoms with Crippen molar-refractivity contribution < 1.29 is 23.9 Å². The summed E-state index contributed by atoms with van der Waals surface area (Å²) in [7, 11) is 1.67. The number of aryl methyl sites for hydroxylation is 1. The minimum absolute atomic E-state index is 0.148. The fourth-order valence-corrected chi connectivity index (χ4v) is 4.42. The van der Waals surface area contributed by atoms with Crippen molar-refractivity contribution in [2.24, 2.45) is 7.05 Å². The summed E-state index contributed by atoms with van der Waals surface area (Å²) in [5, 5.41) is 15.2. The third-order valence-electron chi connectivity index (χ3n) is 6.19. The summed E-state index contributed by atoms with van der Waals surface area (Å²) in [6.07, 6.45) is 2.56. The van der Waals surface area contributed by atoms with Gasteiger partial charge in [0.15, 0.2) is 0 Å². The Labute approximate surface area is 187 Å². The van der Waals surface area contributed by atoms with Gasteiger partial charge in [0, 0.05) is 24.5 Å². The molecule has 2 aromatic rings. The zero-order valence-electron chi connectivity index (χ0n) is 18.9. The molecule has 0 bridgehead atoms. The maximum absolute atomic E-state index is 13.5. The van der Waals surface area contributed by atoms with Crippen LogP contribution in [0.25, 0.3) is 0 Å². The van der Waals surface area contributed by atoms with Crippen molar-refractivity contribution in [3.63, 3.8) is 0 Å². The average Bonchev–Trinajstić information content (AvgIpc) is 3.01. The van der Waals surface area contributed by atoms with E-state index in [9.17, 15) is 23.9 Å². The highest BCUT2D eigenvalue weighted by molar-refractivity contribution is 6.43. The van der Waals surface area contributed by atoms with E-state index < -0.39 is 17.6 Å². The van der Waals surface area contributed by atoms with Crippen LogP contribution in [0.4, 0.5) is 10.1 Å². The average molecular weight is 444 g/mol. The highest BCUT2D eigenvalue weighted by Gasteiger charge is 2.31. The van der Waals surface area contributed by atoms with Crippen molar-refractivity contribution in [2.75, 3.05) is 5.32 Å². The van der Waals surface area contributed by atoms with Crippen molar-refractivity contribution in [1.29, 1.82) is 0 Å². The normalized spacial score (nSPS) is 18.3. The van der Waals surface area contributed by atoms with Crippen LogP contribution in [0.15, 0.2) is 18.2 Å².